The molecule has 27 heavy (non-hydrogen) atoms. The summed E-state index contributed by atoms with van der Waals surface area (Å²) in [5.74, 6) is 1.02. The Balaban J connectivity index is 1.68. The number of nitrogens with zero attached hydrogens (tertiary/aromatic N) is 1. The molecule has 1 saturated carbocycles. The van der Waals surface area contributed by atoms with Crippen LogP contribution in [0.1, 0.15) is 45.4 Å². The summed E-state index contributed by atoms with van der Waals surface area (Å²) in [5.41, 5.74) is 0. The van der Waals surface area contributed by atoms with Crippen molar-refractivity contribution < 1.29 is 21.6 Å². The van der Waals surface area contributed by atoms with Crippen LogP contribution in [0.4, 0.5) is 0 Å². The number of piperidine rings is 1. The van der Waals surface area contributed by atoms with Crippen LogP contribution < -0.4 is 4.74 Å². The summed E-state index contributed by atoms with van der Waals surface area (Å²) < 4.78 is 56.5. The number of hydrogen-bond donors (Lipinski definition) is 0. The van der Waals surface area contributed by atoms with E-state index in [-0.39, 0.29) is 29.0 Å². The summed E-state index contributed by atoms with van der Waals surface area (Å²) in [6.45, 7) is 2.27. The Labute approximate surface area is 162 Å². The minimum atomic E-state index is -3.51. The lowest BCUT2D eigenvalue weighted by Crippen LogP contribution is -2.49. The van der Waals surface area contributed by atoms with Crippen molar-refractivity contribution in [1.82, 2.24) is 4.31 Å². The van der Waals surface area contributed by atoms with Crippen LogP contribution >= 0.6 is 0 Å². The fraction of sp³-hybridized carbons (Fsp3) is 0.684. The summed E-state index contributed by atoms with van der Waals surface area (Å²) in [4.78, 5) is 0.280. The van der Waals surface area contributed by atoms with E-state index in [4.69, 9.17) is 4.74 Å². The van der Waals surface area contributed by atoms with Crippen LogP contribution in [0.5, 0.6) is 5.75 Å². The van der Waals surface area contributed by atoms with Crippen molar-refractivity contribution >= 4 is 19.9 Å². The second-order valence-corrected chi connectivity index (χ2v) is 11.8. The lowest BCUT2D eigenvalue weighted by molar-refractivity contribution is 0.129. The van der Waals surface area contributed by atoms with Gasteiger partial charge in [0.05, 0.1) is 10.6 Å². The van der Waals surface area contributed by atoms with Crippen LogP contribution in [-0.2, 0) is 19.9 Å². The van der Waals surface area contributed by atoms with Crippen LogP contribution in [0.2, 0.25) is 0 Å². The van der Waals surface area contributed by atoms with Gasteiger partial charge in [0.15, 0.2) is 9.84 Å². The van der Waals surface area contributed by atoms with Crippen molar-refractivity contribution in [3.05, 3.63) is 24.3 Å². The molecule has 0 spiro atoms. The van der Waals surface area contributed by atoms with Gasteiger partial charge in [-0.15, -0.1) is 0 Å². The summed E-state index contributed by atoms with van der Waals surface area (Å²) in [6, 6.07) is 6.46. The first kappa shape index (κ1) is 20.6. The van der Waals surface area contributed by atoms with E-state index in [1.54, 1.807) is 35.5 Å². The number of rotatable bonds is 7. The highest BCUT2D eigenvalue weighted by molar-refractivity contribution is 7.91. The molecular formula is C19H29NO5S2. The number of benzene rings is 1. The topological polar surface area (TPSA) is 80.8 Å². The van der Waals surface area contributed by atoms with Gasteiger partial charge >= 0.3 is 0 Å². The Morgan fingerprint density at radius 2 is 1.67 bits per heavy atom. The van der Waals surface area contributed by atoms with Crippen molar-refractivity contribution in [2.24, 2.45) is 5.92 Å². The van der Waals surface area contributed by atoms with Gasteiger partial charge in [-0.25, -0.2) is 16.8 Å². The molecule has 0 aromatic heterocycles. The summed E-state index contributed by atoms with van der Waals surface area (Å²) in [7, 11) is -6.59. The smallest absolute Gasteiger partial charge is 0.243 e. The minimum absolute atomic E-state index is 0.0413. The standard InChI is InChI=1S/C19H29NO5S2/c1-2-26(21,22)15-14-25-17-9-11-18(12-10-17)27(23,24)20-13-5-7-16-6-3-4-8-19(16)20/h9-12,16,19H,2-8,13-15H2,1H3. The predicted octanol–water partition coefficient (Wildman–Crippen LogP) is 2.84. The zero-order valence-electron chi connectivity index (χ0n) is 15.8. The number of sulfonamides is 1. The highest BCUT2D eigenvalue weighted by atomic mass is 32.2. The highest BCUT2D eigenvalue weighted by Gasteiger charge is 2.39. The van der Waals surface area contributed by atoms with Gasteiger partial charge in [-0.2, -0.15) is 4.31 Å². The van der Waals surface area contributed by atoms with Crippen LogP contribution in [0, 0.1) is 5.92 Å². The molecule has 3 rings (SSSR count). The predicted molar refractivity (Wildman–Crippen MR) is 105 cm³/mol. The first-order chi connectivity index (χ1) is 12.8. The molecule has 1 heterocycles. The molecule has 1 aliphatic heterocycles. The van der Waals surface area contributed by atoms with Crippen LogP contribution in [0.25, 0.3) is 0 Å². The maximum absolute atomic E-state index is 13.1. The number of ether oxygens (including phenoxy) is 1. The molecule has 0 radical (unpaired) electrons. The second kappa shape index (κ2) is 8.49. The van der Waals surface area contributed by atoms with Gasteiger partial charge in [-0.1, -0.05) is 19.8 Å². The molecule has 152 valence electrons. The summed E-state index contributed by atoms with van der Waals surface area (Å²) in [5, 5.41) is 0. The molecule has 0 amide bonds. The zero-order chi connectivity index (χ0) is 19.5. The Morgan fingerprint density at radius 1 is 1.00 bits per heavy atom. The van der Waals surface area contributed by atoms with Gasteiger partial charge in [0, 0.05) is 18.3 Å². The molecule has 1 aromatic rings. The SMILES string of the molecule is CCS(=O)(=O)CCOc1ccc(S(=O)(=O)N2CCCC3CCCCC32)cc1. The van der Waals surface area contributed by atoms with Gasteiger partial charge in [0.2, 0.25) is 10.0 Å². The van der Waals surface area contributed by atoms with Gasteiger partial charge in [-0.3, -0.25) is 0 Å². The lowest BCUT2D eigenvalue weighted by atomic mass is 9.79. The minimum Gasteiger partial charge on any atom is -0.493 e. The first-order valence-corrected chi connectivity index (χ1v) is 13.0. The van der Waals surface area contributed by atoms with E-state index in [0.29, 0.717) is 18.2 Å². The van der Waals surface area contributed by atoms with Gasteiger partial charge in [0.25, 0.3) is 0 Å². The Bertz CT molecular complexity index is 831. The van der Waals surface area contributed by atoms with Gasteiger partial charge in [-0.05, 0) is 55.9 Å². The van der Waals surface area contributed by atoms with Crippen molar-refractivity contribution in [3.8, 4) is 5.75 Å². The summed E-state index contributed by atoms with van der Waals surface area (Å²) >= 11 is 0. The molecule has 2 fully saturated rings. The summed E-state index contributed by atoms with van der Waals surface area (Å²) in [6.07, 6.45) is 6.44. The molecule has 6 nitrogen and oxygen atoms in total. The third kappa shape index (κ3) is 4.84. The second-order valence-electron chi connectivity index (χ2n) is 7.43. The van der Waals surface area contributed by atoms with E-state index in [2.05, 4.69) is 0 Å². The number of sulfone groups is 1. The first-order valence-electron chi connectivity index (χ1n) is 9.78. The zero-order valence-corrected chi connectivity index (χ0v) is 17.5. The van der Waals surface area contributed by atoms with Crippen LogP contribution in [0.15, 0.2) is 29.2 Å². The van der Waals surface area contributed by atoms with Crippen LogP contribution in [0.3, 0.4) is 0 Å². The van der Waals surface area contributed by atoms with Crippen molar-refractivity contribution in [2.45, 2.75) is 56.4 Å². The maximum Gasteiger partial charge on any atom is 0.243 e. The van der Waals surface area contributed by atoms with E-state index < -0.39 is 19.9 Å². The molecule has 0 N–H and O–H groups in total. The maximum atomic E-state index is 13.1. The fourth-order valence-electron chi connectivity index (χ4n) is 4.15. The van der Waals surface area contributed by atoms with Crippen LogP contribution in [-0.4, -0.2) is 51.8 Å². The normalized spacial score (nSPS) is 24.3. The average molecular weight is 416 g/mol. The largest absolute Gasteiger partial charge is 0.493 e. The molecule has 2 atom stereocenters. The molecular weight excluding hydrogens is 386 g/mol. The molecule has 8 heteroatoms. The Kier molecular flexibility index (Phi) is 6.48. The Hall–Kier alpha value is -1.12. The lowest BCUT2D eigenvalue weighted by Gasteiger charge is -2.43. The molecule has 1 aliphatic carbocycles. The fourth-order valence-corrected chi connectivity index (χ4v) is 6.53. The third-order valence-electron chi connectivity index (χ3n) is 5.73. The monoisotopic (exact) mass is 415 g/mol. The molecule has 1 saturated heterocycles. The van der Waals surface area contributed by atoms with Gasteiger partial charge < -0.3 is 4.74 Å². The molecule has 0 bridgehead atoms. The Morgan fingerprint density at radius 3 is 2.37 bits per heavy atom. The molecule has 1 aromatic carbocycles. The van der Waals surface area contributed by atoms with Crippen molar-refractivity contribution in [3.63, 3.8) is 0 Å². The van der Waals surface area contributed by atoms with Crippen molar-refractivity contribution in [2.75, 3.05) is 24.7 Å². The molecule has 2 aliphatic rings. The van der Waals surface area contributed by atoms with E-state index in [0.717, 1.165) is 32.1 Å². The number of fused-ring (bicyclic) bond motifs is 1. The highest BCUT2D eigenvalue weighted by Crippen LogP contribution is 2.38. The van der Waals surface area contributed by atoms with E-state index >= 15 is 0 Å². The van der Waals surface area contributed by atoms with E-state index in [1.165, 1.54) is 6.42 Å². The van der Waals surface area contributed by atoms with Gasteiger partial charge in [0.1, 0.15) is 12.4 Å². The molecule has 2 unspecified atom stereocenters. The van der Waals surface area contributed by atoms with E-state index in [9.17, 15) is 16.8 Å². The van der Waals surface area contributed by atoms with Crippen molar-refractivity contribution in [1.29, 1.82) is 0 Å². The third-order valence-corrected chi connectivity index (χ3v) is 9.33. The quantitative estimate of drug-likeness (QED) is 0.684. The number of hydrogen-bond acceptors (Lipinski definition) is 5. The van der Waals surface area contributed by atoms with E-state index in [1.807, 2.05) is 0 Å². The average Bonchev–Trinajstić information content (AvgIpc) is 2.68.